The largest absolute Gasteiger partial charge is 0.497 e. The Hall–Kier alpha value is -2.01. The molecule has 0 unspecified atom stereocenters. The Bertz CT molecular complexity index is 631. The predicted molar refractivity (Wildman–Crippen MR) is 87.6 cm³/mol. The number of carbonyl (C=O) groups excluding carboxylic acids is 1. The third-order valence-electron chi connectivity index (χ3n) is 3.03. The molecule has 0 aliphatic carbocycles. The van der Waals surface area contributed by atoms with Crippen LogP contribution in [0.1, 0.15) is 5.56 Å². The van der Waals surface area contributed by atoms with Crippen molar-refractivity contribution in [1.82, 2.24) is 4.90 Å². The van der Waals surface area contributed by atoms with Crippen molar-refractivity contribution in [1.29, 1.82) is 0 Å². The van der Waals surface area contributed by atoms with Crippen LogP contribution in [0.3, 0.4) is 0 Å². The zero-order valence-corrected chi connectivity index (χ0v) is 13.6. The quantitative estimate of drug-likeness (QED) is 0.902. The minimum absolute atomic E-state index is 0.168. The lowest BCUT2D eigenvalue weighted by Gasteiger charge is -2.19. The van der Waals surface area contributed by atoms with Gasteiger partial charge in [-0.15, -0.1) is 0 Å². The van der Waals surface area contributed by atoms with E-state index < -0.39 is 0 Å². The standard InChI is InChI=1S/C16H17BrN2O2/c1-19(11-12-6-3-4-9-15(12)17)16(20)18-13-7-5-8-14(10-13)21-2/h3-10H,11H2,1-2H3,(H,18,20). The van der Waals surface area contributed by atoms with Crippen molar-refractivity contribution in [3.8, 4) is 5.75 Å². The summed E-state index contributed by atoms with van der Waals surface area (Å²) >= 11 is 3.48. The summed E-state index contributed by atoms with van der Waals surface area (Å²) in [6.45, 7) is 0.525. The normalized spacial score (nSPS) is 10.0. The number of anilines is 1. The Labute approximate surface area is 132 Å². The fourth-order valence-electron chi connectivity index (χ4n) is 1.87. The molecule has 0 aliphatic heterocycles. The van der Waals surface area contributed by atoms with Crippen molar-refractivity contribution >= 4 is 27.6 Å². The molecular formula is C16H17BrN2O2. The Morgan fingerprint density at radius 3 is 2.71 bits per heavy atom. The van der Waals surface area contributed by atoms with Crippen LogP contribution in [0.5, 0.6) is 5.75 Å². The molecule has 0 atom stereocenters. The van der Waals surface area contributed by atoms with Crippen molar-refractivity contribution in [2.45, 2.75) is 6.54 Å². The summed E-state index contributed by atoms with van der Waals surface area (Å²) < 4.78 is 6.13. The number of halogens is 1. The smallest absolute Gasteiger partial charge is 0.321 e. The van der Waals surface area contributed by atoms with Gasteiger partial charge in [0.2, 0.25) is 0 Å². The van der Waals surface area contributed by atoms with Gasteiger partial charge >= 0.3 is 6.03 Å². The highest BCUT2D eigenvalue weighted by atomic mass is 79.9. The Kier molecular flexibility index (Phi) is 5.22. The van der Waals surface area contributed by atoms with Gasteiger partial charge in [-0.2, -0.15) is 0 Å². The number of amides is 2. The average molecular weight is 349 g/mol. The van der Waals surface area contributed by atoms with Gasteiger partial charge in [-0.1, -0.05) is 40.2 Å². The summed E-state index contributed by atoms with van der Waals surface area (Å²) in [5.74, 6) is 0.709. The molecule has 0 aromatic heterocycles. The lowest BCUT2D eigenvalue weighted by molar-refractivity contribution is 0.220. The van der Waals surface area contributed by atoms with Crippen molar-refractivity contribution in [3.05, 3.63) is 58.6 Å². The molecule has 110 valence electrons. The van der Waals surface area contributed by atoms with Crippen LogP contribution in [0, 0.1) is 0 Å². The van der Waals surface area contributed by atoms with Crippen molar-refractivity contribution in [2.75, 3.05) is 19.5 Å². The van der Waals surface area contributed by atoms with Gasteiger partial charge < -0.3 is 15.0 Å². The minimum atomic E-state index is -0.168. The number of nitrogens with one attached hydrogen (secondary N) is 1. The molecule has 0 fully saturated rings. The Morgan fingerprint density at radius 2 is 2.00 bits per heavy atom. The van der Waals surface area contributed by atoms with Gasteiger partial charge in [0.05, 0.1) is 7.11 Å². The molecule has 0 saturated heterocycles. The number of hydrogen-bond donors (Lipinski definition) is 1. The lowest BCUT2D eigenvalue weighted by Crippen LogP contribution is -2.30. The Balaban J connectivity index is 2.01. The summed E-state index contributed by atoms with van der Waals surface area (Å²) in [6.07, 6.45) is 0. The third kappa shape index (κ3) is 4.23. The van der Waals surface area contributed by atoms with Crippen molar-refractivity contribution < 1.29 is 9.53 Å². The van der Waals surface area contributed by atoms with Crippen LogP contribution in [-0.4, -0.2) is 25.1 Å². The van der Waals surface area contributed by atoms with E-state index in [1.165, 1.54) is 0 Å². The molecule has 0 heterocycles. The highest BCUT2D eigenvalue weighted by Crippen LogP contribution is 2.19. The van der Waals surface area contributed by atoms with E-state index in [0.717, 1.165) is 10.0 Å². The van der Waals surface area contributed by atoms with E-state index in [0.29, 0.717) is 18.0 Å². The number of rotatable bonds is 4. The number of hydrogen-bond acceptors (Lipinski definition) is 2. The van der Waals surface area contributed by atoms with Crippen molar-refractivity contribution in [2.24, 2.45) is 0 Å². The molecule has 2 rings (SSSR count). The highest BCUT2D eigenvalue weighted by molar-refractivity contribution is 9.10. The van der Waals surface area contributed by atoms with E-state index in [1.807, 2.05) is 42.5 Å². The SMILES string of the molecule is COc1cccc(NC(=O)N(C)Cc2ccccc2Br)c1. The average Bonchev–Trinajstić information content (AvgIpc) is 2.49. The molecule has 1 N–H and O–H groups in total. The topological polar surface area (TPSA) is 41.6 Å². The molecule has 2 amide bonds. The molecular weight excluding hydrogens is 332 g/mol. The summed E-state index contributed by atoms with van der Waals surface area (Å²) in [5.41, 5.74) is 1.76. The second-order valence-electron chi connectivity index (χ2n) is 4.61. The monoisotopic (exact) mass is 348 g/mol. The van der Waals surface area contributed by atoms with Gasteiger partial charge in [-0.05, 0) is 23.8 Å². The summed E-state index contributed by atoms with van der Waals surface area (Å²) in [5, 5.41) is 2.85. The van der Waals surface area contributed by atoms with Gasteiger partial charge in [0.1, 0.15) is 5.75 Å². The van der Waals surface area contributed by atoms with Crippen LogP contribution < -0.4 is 10.1 Å². The first-order chi connectivity index (χ1) is 10.1. The maximum Gasteiger partial charge on any atom is 0.321 e. The number of carbonyl (C=O) groups is 1. The number of urea groups is 1. The Morgan fingerprint density at radius 1 is 1.24 bits per heavy atom. The molecule has 5 heteroatoms. The first-order valence-corrected chi connectivity index (χ1v) is 7.29. The van der Waals surface area contributed by atoms with Gasteiger partial charge in [0, 0.05) is 29.8 Å². The highest BCUT2D eigenvalue weighted by Gasteiger charge is 2.11. The number of nitrogens with zero attached hydrogens (tertiary/aromatic N) is 1. The fourth-order valence-corrected chi connectivity index (χ4v) is 2.28. The molecule has 0 saturated carbocycles. The van der Waals surface area contributed by atoms with Gasteiger partial charge in [-0.3, -0.25) is 0 Å². The van der Waals surface area contributed by atoms with Crippen LogP contribution in [0.25, 0.3) is 0 Å². The third-order valence-corrected chi connectivity index (χ3v) is 3.81. The van der Waals surface area contributed by atoms with Crippen LogP contribution in [-0.2, 0) is 6.54 Å². The fraction of sp³-hybridized carbons (Fsp3) is 0.188. The summed E-state index contributed by atoms with van der Waals surface area (Å²) in [6, 6.07) is 15.0. The second kappa shape index (κ2) is 7.13. The summed E-state index contributed by atoms with van der Waals surface area (Å²) in [4.78, 5) is 13.8. The van der Waals surface area contributed by atoms with E-state index in [1.54, 1.807) is 25.1 Å². The minimum Gasteiger partial charge on any atom is -0.497 e. The zero-order valence-electron chi connectivity index (χ0n) is 12.0. The molecule has 2 aromatic carbocycles. The van der Waals surface area contributed by atoms with Crippen LogP contribution in [0.2, 0.25) is 0 Å². The molecule has 2 aromatic rings. The molecule has 0 spiro atoms. The molecule has 0 bridgehead atoms. The first kappa shape index (κ1) is 15.4. The van der Waals surface area contributed by atoms with Crippen LogP contribution in [0.4, 0.5) is 10.5 Å². The van der Waals surface area contributed by atoms with Crippen LogP contribution in [0.15, 0.2) is 53.0 Å². The van der Waals surface area contributed by atoms with E-state index in [-0.39, 0.29) is 6.03 Å². The van der Waals surface area contributed by atoms with E-state index in [9.17, 15) is 4.79 Å². The maximum atomic E-state index is 12.2. The van der Waals surface area contributed by atoms with Gasteiger partial charge in [0.15, 0.2) is 0 Å². The van der Waals surface area contributed by atoms with Crippen molar-refractivity contribution in [3.63, 3.8) is 0 Å². The molecule has 21 heavy (non-hydrogen) atoms. The van der Waals surface area contributed by atoms with Gasteiger partial charge in [0.25, 0.3) is 0 Å². The molecule has 0 aliphatic rings. The van der Waals surface area contributed by atoms with Gasteiger partial charge in [-0.25, -0.2) is 4.79 Å². The number of benzene rings is 2. The number of methoxy groups -OCH3 is 1. The lowest BCUT2D eigenvalue weighted by atomic mass is 10.2. The molecule has 0 radical (unpaired) electrons. The summed E-state index contributed by atoms with van der Waals surface area (Å²) in [7, 11) is 3.36. The number of ether oxygens (including phenoxy) is 1. The van der Waals surface area contributed by atoms with E-state index >= 15 is 0 Å². The first-order valence-electron chi connectivity index (χ1n) is 6.49. The van der Waals surface area contributed by atoms with Crippen LogP contribution >= 0.6 is 15.9 Å². The zero-order chi connectivity index (χ0) is 15.2. The predicted octanol–water partition coefficient (Wildman–Crippen LogP) is 4.12. The maximum absolute atomic E-state index is 12.2. The second-order valence-corrected chi connectivity index (χ2v) is 5.46. The molecule has 4 nitrogen and oxygen atoms in total. The van der Waals surface area contributed by atoms with E-state index in [2.05, 4.69) is 21.2 Å². The van der Waals surface area contributed by atoms with E-state index in [4.69, 9.17) is 4.74 Å².